The van der Waals surface area contributed by atoms with E-state index < -0.39 is 30.4 Å². The molecular weight excluding hydrogens is 522 g/mol. The molecule has 34 heavy (non-hydrogen) atoms. The zero-order valence-electron chi connectivity index (χ0n) is 19.1. The second-order valence-electron chi connectivity index (χ2n) is 6.88. The number of carbonyl (C=O) groups is 5. The first-order valence-electron chi connectivity index (χ1n) is 9.60. The number of nitrogens with one attached hydrogen (secondary N) is 2. The first kappa shape index (κ1) is 34.2. The number of benzene rings is 1. The third-order valence-electron chi connectivity index (χ3n) is 4.64. The van der Waals surface area contributed by atoms with Gasteiger partial charge in [0.05, 0.1) is 19.3 Å². The molecule has 0 spiro atoms. The van der Waals surface area contributed by atoms with Crippen molar-refractivity contribution in [1.29, 1.82) is 0 Å². The number of β-lactam (4-membered cyclic amide) rings is 1. The number of rotatable bonds is 8. The Balaban J connectivity index is 0.00000168. The van der Waals surface area contributed by atoms with Crippen molar-refractivity contribution in [3.05, 3.63) is 35.9 Å². The fourth-order valence-corrected chi connectivity index (χ4v) is 4.20. The summed E-state index contributed by atoms with van der Waals surface area (Å²) in [5.41, 5.74) is 0.859. The van der Waals surface area contributed by atoms with Crippen molar-refractivity contribution < 1.29 is 146 Å². The van der Waals surface area contributed by atoms with Gasteiger partial charge in [0.2, 0.25) is 11.8 Å². The predicted molar refractivity (Wildman–Crippen MR) is 107 cm³/mol. The van der Waals surface area contributed by atoms with Crippen LogP contribution in [0.1, 0.15) is 18.4 Å². The quantitative estimate of drug-likeness (QED) is 0.182. The smallest absolute Gasteiger partial charge is 0.652 e. The van der Waals surface area contributed by atoms with Gasteiger partial charge in [0, 0.05) is 0 Å². The van der Waals surface area contributed by atoms with Crippen molar-refractivity contribution in [3.8, 4) is 0 Å². The molecule has 2 amide bonds. The van der Waals surface area contributed by atoms with Gasteiger partial charge in [-0.1, -0.05) is 30.3 Å². The molecule has 2 N–H and O–H groups in total. The van der Waals surface area contributed by atoms with Crippen LogP contribution in [0.4, 0.5) is 4.79 Å². The number of carbonyl (C=O) groups excluding carboxylic acids is 5. The fourth-order valence-electron chi connectivity index (χ4n) is 3.08. The molecule has 1 aromatic rings. The number of ether oxygens (including phenoxy) is 2. The molecule has 0 aromatic heterocycles. The third-order valence-corrected chi connectivity index (χ3v) is 5.84. The number of carboxylic acid groups (broad SMARTS) is 2. The monoisotopic (exact) mass is 544 g/mol. The maximum Gasteiger partial charge on any atom is 1.00 e. The van der Waals surface area contributed by atoms with Gasteiger partial charge in [0.25, 0.3) is 0 Å². The van der Waals surface area contributed by atoms with Crippen LogP contribution < -0.4 is 124 Å². The van der Waals surface area contributed by atoms with E-state index in [2.05, 4.69) is 15.4 Å². The average molecular weight is 545 g/mol. The van der Waals surface area contributed by atoms with Crippen molar-refractivity contribution in [1.82, 2.24) is 10.6 Å². The molecule has 11 nitrogen and oxygen atoms in total. The number of methoxy groups -OCH3 is 1. The van der Waals surface area contributed by atoms with Gasteiger partial charge in [0.15, 0.2) is 11.9 Å². The van der Waals surface area contributed by atoms with Crippen molar-refractivity contribution in [2.75, 3.05) is 12.9 Å². The number of esters is 1. The minimum Gasteiger partial charge on any atom is -0.652 e. The van der Waals surface area contributed by atoms with Crippen molar-refractivity contribution in [3.63, 3.8) is 0 Å². The summed E-state index contributed by atoms with van der Waals surface area (Å²) in [5.74, 6) is -1.02. The summed E-state index contributed by atoms with van der Waals surface area (Å²) in [5, 5.41) is 21.7. The van der Waals surface area contributed by atoms with Gasteiger partial charge < -0.3 is 35.1 Å². The van der Waals surface area contributed by atoms with Gasteiger partial charge >= 0.3 is 109 Å². The van der Waals surface area contributed by atoms with Gasteiger partial charge in [-0.25, -0.2) is 4.79 Å². The van der Waals surface area contributed by atoms with E-state index >= 15 is 0 Å². The maximum atomic E-state index is 12.3. The Morgan fingerprint density at radius 1 is 1.12 bits per heavy atom. The average Bonchev–Trinajstić information content (AvgIpc) is 3.25. The molecule has 0 bridgehead atoms. The van der Waals surface area contributed by atoms with Crippen LogP contribution in [0.25, 0.3) is 0 Å². The van der Waals surface area contributed by atoms with Crippen LogP contribution in [-0.4, -0.2) is 66.2 Å². The molecule has 1 aromatic carbocycles. The Bertz CT molecular complexity index is 856. The Kier molecular flexibility index (Phi) is 17.7. The van der Waals surface area contributed by atoms with E-state index in [0.717, 1.165) is 5.56 Å². The van der Waals surface area contributed by atoms with Gasteiger partial charge in [-0.2, -0.15) is 0 Å². The Labute approximate surface area is 285 Å². The van der Waals surface area contributed by atoms with Crippen LogP contribution in [0, 0.1) is 0 Å². The maximum absolute atomic E-state index is 12.3. The SMILES string of the molecule is COC(=O)C1CCC(C(=O)CS[C@H]2NC(=O)[C@H]2NC(=O)Cc2ccccc2)O1.O=C([O-])[O-].[K+].[K+]. The fraction of sp³-hybridized carbons (Fsp3) is 0.450. The van der Waals surface area contributed by atoms with Crippen LogP contribution in [0.2, 0.25) is 0 Å². The standard InChI is InChI=1S/C19H22N2O6S.CH2O3.2K/c1-26-19(25)14-8-7-13(27-14)12(22)10-28-18-16(17(24)21-18)20-15(23)9-11-5-3-2-4-6-11;2-1(3)4;;/h2-6,13-14,16,18H,7-10H2,1H3,(H,20,23)(H,21,24);(H2,2,3,4);;/q;;2*+1/p-2/t13?,14?,16-,18-;;;/m1.../s1. The van der Waals surface area contributed by atoms with E-state index in [1.807, 2.05) is 30.3 Å². The molecule has 2 unspecified atom stereocenters. The topological polar surface area (TPSA) is 174 Å². The molecule has 2 fully saturated rings. The molecule has 2 heterocycles. The first-order chi connectivity index (χ1) is 15.2. The Morgan fingerprint density at radius 2 is 1.71 bits per heavy atom. The van der Waals surface area contributed by atoms with E-state index in [0.29, 0.717) is 12.8 Å². The van der Waals surface area contributed by atoms with E-state index in [1.54, 1.807) is 0 Å². The molecule has 0 saturated carbocycles. The molecule has 4 atom stereocenters. The van der Waals surface area contributed by atoms with Crippen LogP contribution >= 0.6 is 11.8 Å². The number of thioether (sulfide) groups is 1. The Hall–Kier alpha value is 0.153. The number of Topliss-reactive ketones (excluding diaryl/α,β-unsaturated/α-hetero) is 1. The molecule has 14 heteroatoms. The molecular formula is C20H22K2N2O9S. The Morgan fingerprint density at radius 3 is 2.26 bits per heavy atom. The molecule has 2 aliphatic heterocycles. The van der Waals surface area contributed by atoms with Gasteiger partial charge in [-0.05, 0) is 24.6 Å². The summed E-state index contributed by atoms with van der Waals surface area (Å²) >= 11 is 1.24. The second-order valence-corrected chi connectivity index (χ2v) is 8.01. The van der Waals surface area contributed by atoms with Crippen molar-refractivity contribution in [2.24, 2.45) is 0 Å². The third kappa shape index (κ3) is 11.5. The minimum atomic E-state index is -2.33. The molecule has 2 aliphatic rings. The predicted octanol–water partition coefficient (Wildman–Crippen LogP) is -8.25. The van der Waals surface area contributed by atoms with Gasteiger partial charge in [-0.3, -0.25) is 14.4 Å². The summed E-state index contributed by atoms with van der Waals surface area (Å²) in [6.45, 7) is 0. The zero-order valence-corrected chi connectivity index (χ0v) is 26.2. The zero-order chi connectivity index (χ0) is 23.7. The summed E-state index contributed by atoms with van der Waals surface area (Å²) in [6, 6.07) is 8.58. The molecule has 2 saturated heterocycles. The van der Waals surface area contributed by atoms with E-state index in [-0.39, 0.29) is 138 Å². The molecule has 0 radical (unpaired) electrons. The minimum absolute atomic E-state index is 0. The van der Waals surface area contributed by atoms with Crippen molar-refractivity contribution >= 4 is 41.5 Å². The molecule has 0 aliphatic carbocycles. The molecule has 3 rings (SSSR count). The van der Waals surface area contributed by atoms with E-state index in [1.165, 1.54) is 18.9 Å². The molecule has 174 valence electrons. The van der Waals surface area contributed by atoms with Crippen LogP contribution in [-0.2, 0) is 35.1 Å². The normalized spacial score (nSPS) is 22.2. The van der Waals surface area contributed by atoms with E-state index in [4.69, 9.17) is 19.7 Å². The summed E-state index contributed by atoms with van der Waals surface area (Å²) in [4.78, 5) is 56.0. The van der Waals surface area contributed by atoms with Crippen molar-refractivity contribution in [2.45, 2.75) is 42.9 Å². The van der Waals surface area contributed by atoms with Crippen LogP contribution in [0.3, 0.4) is 0 Å². The van der Waals surface area contributed by atoms with E-state index in [9.17, 15) is 19.2 Å². The van der Waals surface area contributed by atoms with Crippen LogP contribution in [0.15, 0.2) is 30.3 Å². The first-order valence-corrected chi connectivity index (χ1v) is 10.7. The number of hydrogen-bond donors (Lipinski definition) is 2. The van der Waals surface area contributed by atoms with Gasteiger partial charge in [0.1, 0.15) is 17.5 Å². The van der Waals surface area contributed by atoms with Gasteiger partial charge in [-0.15, -0.1) is 11.8 Å². The summed E-state index contributed by atoms with van der Waals surface area (Å²) in [7, 11) is 1.28. The second kappa shape index (κ2) is 17.6. The number of ketones is 1. The number of amides is 2. The number of hydrogen-bond acceptors (Lipinski definition) is 10. The summed E-state index contributed by atoms with van der Waals surface area (Å²) in [6.07, 6.45) is -2.57. The van der Waals surface area contributed by atoms with Crippen LogP contribution in [0.5, 0.6) is 0 Å². The summed E-state index contributed by atoms with van der Waals surface area (Å²) < 4.78 is 10.1. The largest absolute Gasteiger partial charge is 1.00 e.